The van der Waals surface area contributed by atoms with Gasteiger partial charge >= 0.3 is 0 Å². The number of carbonyl (C=O) groups excluding carboxylic acids is 1. The molecule has 2 aliphatic rings. The van der Waals surface area contributed by atoms with Gasteiger partial charge < -0.3 is 4.74 Å². The Balaban J connectivity index is 1.22. The number of likely N-dealkylation sites (tertiary alicyclic amines) is 1. The van der Waals surface area contributed by atoms with Gasteiger partial charge in [-0.05, 0) is 103 Å². The second kappa shape index (κ2) is 13.0. The molecule has 0 saturated carbocycles. The zero-order valence-corrected chi connectivity index (χ0v) is 24.3. The minimum Gasteiger partial charge on any atom is -0.489 e. The Morgan fingerprint density at radius 1 is 1.05 bits per heavy atom. The predicted molar refractivity (Wildman–Crippen MR) is 169 cm³/mol. The van der Waals surface area contributed by atoms with E-state index in [1.54, 1.807) is 0 Å². The van der Waals surface area contributed by atoms with Crippen LogP contribution in [0, 0.1) is 12.8 Å². The summed E-state index contributed by atoms with van der Waals surface area (Å²) in [5, 5.41) is 0. The van der Waals surface area contributed by atoms with Crippen LogP contribution in [-0.2, 0) is 24.2 Å². The van der Waals surface area contributed by atoms with Crippen molar-refractivity contribution in [2.75, 3.05) is 6.54 Å². The van der Waals surface area contributed by atoms with Crippen LogP contribution in [0.2, 0.25) is 0 Å². The van der Waals surface area contributed by atoms with Crippen molar-refractivity contribution in [1.82, 2.24) is 4.90 Å². The Hall–Kier alpha value is -4.18. The minimum atomic E-state index is -0.147. The molecule has 2 atom stereocenters. The molecule has 4 nitrogen and oxygen atoms in total. The van der Waals surface area contributed by atoms with Crippen molar-refractivity contribution >= 4 is 17.8 Å². The van der Waals surface area contributed by atoms with E-state index in [4.69, 9.17) is 9.73 Å². The van der Waals surface area contributed by atoms with E-state index in [9.17, 15) is 4.79 Å². The second-order valence-corrected chi connectivity index (χ2v) is 11.3. The first-order valence-corrected chi connectivity index (χ1v) is 14.6. The number of hydrogen-bond donors (Lipinski definition) is 0. The highest BCUT2D eigenvalue weighted by atomic mass is 16.5. The fourth-order valence-corrected chi connectivity index (χ4v) is 5.83. The molecule has 41 heavy (non-hydrogen) atoms. The van der Waals surface area contributed by atoms with E-state index in [0.29, 0.717) is 25.4 Å². The van der Waals surface area contributed by atoms with Crippen LogP contribution >= 0.6 is 0 Å². The van der Waals surface area contributed by atoms with Crippen LogP contribution in [0.3, 0.4) is 0 Å². The lowest BCUT2D eigenvalue weighted by Crippen LogP contribution is -2.42. The largest absolute Gasteiger partial charge is 0.489 e. The Bertz CT molecular complexity index is 1480. The second-order valence-electron chi connectivity index (χ2n) is 11.3. The van der Waals surface area contributed by atoms with Gasteiger partial charge in [-0.1, -0.05) is 79.9 Å². The SMILES string of the molecule is C=Cc1ccc(OCc2ccccc2)c(CC(=C)C2N=C(N3CCC(CCc4ccccc4C)CC3=O)C=C2C)c1. The van der Waals surface area contributed by atoms with Crippen molar-refractivity contribution < 1.29 is 9.53 Å². The van der Waals surface area contributed by atoms with Crippen LogP contribution in [0.25, 0.3) is 6.08 Å². The van der Waals surface area contributed by atoms with E-state index in [1.165, 1.54) is 11.1 Å². The van der Waals surface area contributed by atoms with Crippen molar-refractivity contribution in [3.63, 3.8) is 0 Å². The van der Waals surface area contributed by atoms with Gasteiger partial charge in [0.2, 0.25) is 5.91 Å². The molecule has 0 aliphatic carbocycles. The summed E-state index contributed by atoms with van der Waals surface area (Å²) in [6.45, 7) is 13.8. The lowest BCUT2D eigenvalue weighted by atomic mass is 9.89. The van der Waals surface area contributed by atoms with Gasteiger partial charge in [0, 0.05) is 13.0 Å². The number of aryl methyl sites for hydroxylation is 2. The van der Waals surface area contributed by atoms with E-state index in [1.807, 2.05) is 41.3 Å². The summed E-state index contributed by atoms with van der Waals surface area (Å²) in [6, 6.07) is 24.7. The summed E-state index contributed by atoms with van der Waals surface area (Å²) in [5.74, 6) is 2.21. The van der Waals surface area contributed by atoms with Crippen molar-refractivity contribution in [3.8, 4) is 5.75 Å². The number of piperidine rings is 1. The van der Waals surface area contributed by atoms with Crippen LogP contribution < -0.4 is 4.74 Å². The fraction of sp³-hybridized carbons (Fsp3) is 0.297. The summed E-state index contributed by atoms with van der Waals surface area (Å²) < 4.78 is 6.23. The standard InChI is InChI=1S/C37H40N2O2/c1-5-29-16-18-34(41-25-31-12-7-6-8-13-31)33(23-29)21-27(3)37-28(4)22-35(38-37)39-20-19-30(24-36(39)40)15-17-32-14-10-9-11-26(32)2/h5-14,16,18,22-23,30,37H,1,3,15,17,19-21,24-25H2,2,4H3. The first kappa shape index (κ1) is 28.4. The number of aliphatic imine (C=N–C) groups is 1. The zero-order chi connectivity index (χ0) is 28.8. The highest BCUT2D eigenvalue weighted by molar-refractivity contribution is 6.06. The first-order valence-electron chi connectivity index (χ1n) is 14.6. The molecule has 2 unspecified atom stereocenters. The molecule has 0 N–H and O–H groups in total. The number of carbonyl (C=O) groups is 1. The van der Waals surface area contributed by atoms with Gasteiger partial charge in [0.05, 0.1) is 6.04 Å². The number of nitrogens with zero attached hydrogens (tertiary/aromatic N) is 2. The lowest BCUT2D eigenvalue weighted by molar-refractivity contribution is -0.130. The third-order valence-corrected chi connectivity index (χ3v) is 8.30. The molecule has 3 aromatic rings. The van der Waals surface area contributed by atoms with Crippen molar-refractivity contribution in [2.45, 2.75) is 58.6 Å². The zero-order valence-electron chi connectivity index (χ0n) is 24.3. The van der Waals surface area contributed by atoms with Gasteiger partial charge in [0.15, 0.2) is 0 Å². The molecule has 1 saturated heterocycles. The molecular formula is C37H40N2O2. The van der Waals surface area contributed by atoms with Crippen LogP contribution in [0.15, 0.2) is 108 Å². The first-order chi connectivity index (χ1) is 19.9. The number of rotatable bonds is 10. The number of benzene rings is 3. The Morgan fingerprint density at radius 3 is 2.59 bits per heavy atom. The maximum Gasteiger partial charge on any atom is 0.228 e. The van der Waals surface area contributed by atoms with E-state index in [2.05, 4.69) is 75.5 Å². The van der Waals surface area contributed by atoms with Gasteiger partial charge in [-0.2, -0.15) is 0 Å². The molecule has 5 rings (SSSR count). The van der Waals surface area contributed by atoms with E-state index in [0.717, 1.165) is 65.2 Å². The Kier molecular flexibility index (Phi) is 8.98. The summed E-state index contributed by atoms with van der Waals surface area (Å²) in [4.78, 5) is 20.1. The monoisotopic (exact) mass is 544 g/mol. The van der Waals surface area contributed by atoms with Gasteiger partial charge in [-0.25, -0.2) is 0 Å². The maximum absolute atomic E-state index is 13.2. The van der Waals surface area contributed by atoms with Crippen LogP contribution in [0.1, 0.15) is 54.0 Å². The predicted octanol–water partition coefficient (Wildman–Crippen LogP) is 7.91. The summed E-state index contributed by atoms with van der Waals surface area (Å²) in [7, 11) is 0. The maximum atomic E-state index is 13.2. The Labute approximate surface area is 244 Å². The molecule has 2 heterocycles. The Morgan fingerprint density at radius 2 is 1.83 bits per heavy atom. The molecule has 3 aromatic carbocycles. The van der Waals surface area contributed by atoms with Gasteiger partial charge in [-0.15, -0.1) is 0 Å². The van der Waals surface area contributed by atoms with E-state index < -0.39 is 0 Å². The number of ether oxygens (including phenoxy) is 1. The average molecular weight is 545 g/mol. The fourth-order valence-electron chi connectivity index (χ4n) is 5.83. The molecule has 2 aliphatic heterocycles. The van der Waals surface area contributed by atoms with Gasteiger partial charge in [0.25, 0.3) is 0 Å². The average Bonchev–Trinajstić information content (AvgIpc) is 3.37. The molecule has 0 aromatic heterocycles. The quantitative estimate of drug-likeness (QED) is 0.243. The summed E-state index contributed by atoms with van der Waals surface area (Å²) >= 11 is 0. The normalized spacial score (nSPS) is 18.6. The van der Waals surface area contributed by atoms with Gasteiger partial charge in [-0.3, -0.25) is 14.7 Å². The minimum absolute atomic E-state index is 0.147. The highest BCUT2D eigenvalue weighted by Gasteiger charge is 2.31. The third-order valence-electron chi connectivity index (χ3n) is 8.30. The molecule has 0 bridgehead atoms. The summed E-state index contributed by atoms with van der Waals surface area (Å²) in [5.41, 5.74) is 8.04. The van der Waals surface area contributed by atoms with Crippen LogP contribution in [0.5, 0.6) is 5.75 Å². The lowest BCUT2D eigenvalue weighted by Gasteiger charge is -2.31. The van der Waals surface area contributed by atoms with Crippen LogP contribution in [-0.4, -0.2) is 29.2 Å². The van der Waals surface area contributed by atoms with E-state index in [-0.39, 0.29) is 11.9 Å². The molecule has 0 radical (unpaired) electrons. The van der Waals surface area contributed by atoms with Crippen molar-refractivity contribution in [2.24, 2.45) is 10.9 Å². The molecule has 0 spiro atoms. The van der Waals surface area contributed by atoms with Crippen LogP contribution in [0.4, 0.5) is 0 Å². The van der Waals surface area contributed by atoms with Crippen molar-refractivity contribution in [1.29, 1.82) is 0 Å². The van der Waals surface area contributed by atoms with Crippen molar-refractivity contribution in [3.05, 3.63) is 131 Å². The molecule has 4 heteroatoms. The molecule has 210 valence electrons. The number of amides is 1. The molecule has 1 amide bonds. The molecular weight excluding hydrogens is 504 g/mol. The topological polar surface area (TPSA) is 41.9 Å². The number of hydrogen-bond acceptors (Lipinski definition) is 3. The smallest absolute Gasteiger partial charge is 0.228 e. The summed E-state index contributed by atoms with van der Waals surface area (Å²) in [6.07, 6.45) is 8.20. The third kappa shape index (κ3) is 6.94. The molecule has 1 fully saturated rings. The highest BCUT2D eigenvalue weighted by Crippen LogP contribution is 2.31. The number of amidine groups is 1. The van der Waals surface area contributed by atoms with E-state index >= 15 is 0 Å². The van der Waals surface area contributed by atoms with Gasteiger partial charge in [0.1, 0.15) is 18.2 Å².